The largest absolute Gasteiger partial charge is 0.505 e. The lowest BCUT2D eigenvalue weighted by Crippen LogP contribution is -2.15. The van der Waals surface area contributed by atoms with Crippen LogP contribution in [0.15, 0.2) is 121 Å². The number of phenolic OH excluding ortho intramolecular Hbond substituents is 1. The smallest absolute Gasteiger partial charge is 0.397 e. The van der Waals surface area contributed by atoms with Gasteiger partial charge in [-0.1, -0.05) is 0 Å². The molecule has 5 aromatic rings. The normalized spacial score (nSPS) is 13.6. The van der Waals surface area contributed by atoms with E-state index in [1.165, 1.54) is 0 Å². The van der Waals surface area contributed by atoms with E-state index in [9.17, 15) is 86.8 Å². The first-order valence-corrected chi connectivity index (χ1v) is 27.2. The minimum absolute atomic E-state index is 0.0363. The van der Waals surface area contributed by atoms with Crippen LogP contribution < -0.4 is 17.2 Å². The molecule has 0 aliphatic heterocycles. The van der Waals surface area contributed by atoms with Gasteiger partial charge in [-0.05, 0) is 66.0 Å². The molecule has 0 spiro atoms. The van der Waals surface area contributed by atoms with Gasteiger partial charge in [0.2, 0.25) is 0 Å². The zero-order valence-electron chi connectivity index (χ0n) is 32.7. The summed E-state index contributed by atoms with van der Waals surface area (Å²) in [6.07, 6.45) is 0. The van der Waals surface area contributed by atoms with Crippen molar-refractivity contribution in [1.82, 2.24) is 0 Å². The first kappa shape index (κ1) is 52.7. The van der Waals surface area contributed by atoms with Crippen LogP contribution in [0.3, 0.4) is 0 Å². The van der Waals surface area contributed by atoms with Crippen molar-refractivity contribution >= 4 is 133 Å². The average molecular weight is 1090 g/mol. The molecule has 0 bridgehead atoms. The Morgan fingerprint density at radius 1 is 0.471 bits per heavy atom. The van der Waals surface area contributed by atoms with E-state index >= 15 is 0 Å². The molecule has 0 aromatic heterocycles. The molecule has 0 heterocycles. The number of hydrogen-bond acceptors (Lipinski definition) is 25. The number of nitrogens with two attached hydrogens (primary N) is 3. The van der Waals surface area contributed by atoms with Crippen LogP contribution in [-0.4, -0.2) is 104 Å². The molecular formula is C30H27N9O22S7. The van der Waals surface area contributed by atoms with Gasteiger partial charge in [-0.2, -0.15) is 55.6 Å². The molecule has 366 valence electrons. The second-order valence-corrected chi connectivity index (χ2v) is 23.2. The summed E-state index contributed by atoms with van der Waals surface area (Å²) in [5.74, 6) is -2.36. The number of phenols is 1. The van der Waals surface area contributed by atoms with E-state index in [0.717, 1.165) is 30.3 Å². The molecule has 0 aliphatic rings. The minimum atomic E-state index is -5.65. The quantitative estimate of drug-likeness (QED) is 0.0384. The molecule has 13 N–H and O–H groups in total. The first-order valence-electron chi connectivity index (χ1n) is 17.0. The van der Waals surface area contributed by atoms with Gasteiger partial charge in [0.05, 0.1) is 45.4 Å². The van der Waals surface area contributed by atoms with Crippen molar-refractivity contribution in [3.63, 3.8) is 0 Å². The highest BCUT2D eigenvalue weighted by Gasteiger charge is 2.30. The van der Waals surface area contributed by atoms with Crippen LogP contribution in [0, 0.1) is 0 Å². The summed E-state index contributed by atoms with van der Waals surface area (Å²) < 4.78 is 232. The maximum atomic E-state index is 12.6. The standard InChI is InChI=1S/C30H27N9O22S7/c31-16-9-17(32)21(63(43,44)45)11-18(16)35-36-19-10-20(23(65(49,50)51)12-22(19)64(46,47)48)37-39-29-25(67(55,56)57)8-13-7-24(66(52,53)54)28(27(33)26(13)30(29)40)38-34-14-1-3-15(4-2-14)62(41,42)6-5-61-68(58,59)60/h1-4,7-12,40H,5-6,31-33H2,(H,43,44,45)(H,46,47,48)(H,49,50,51)(H,52,53,54)(H,55,56,57)(H,58,59,60). The third kappa shape index (κ3) is 12.1. The molecule has 5 rings (SSSR count). The Labute approximate surface area is 382 Å². The fraction of sp³-hybridized carbons (Fsp3) is 0.0667. The highest BCUT2D eigenvalue weighted by Crippen LogP contribution is 2.49. The maximum absolute atomic E-state index is 12.6. The van der Waals surface area contributed by atoms with Crippen molar-refractivity contribution in [2.75, 3.05) is 29.6 Å². The molecule has 0 amide bonds. The van der Waals surface area contributed by atoms with Gasteiger partial charge in [-0.3, -0.25) is 27.3 Å². The molecule has 31 nitrogen and oxygen atoms in total. The second kappa shape index (κ2) is 18.3. The molecule has 0 saturated heterocycles. The topological polar surface area (TPSA) is 542 Å². The predicted octanol–water partition coefficient (Wildman–Crippen LogP) is 3.36. The van der Waals surface area contributed by atoms with Crippen molar-refractivity contribution in [1.29, 1.82) is 0 Å². The lowest BCUT2D eigenvalue weighted by molar-refractivity contribution is 0.284. The fourth-order valence-corrected chi connectivity index (χ4v) is 10.3. The van der Waals surface area contributed by atoms with Crippen molar-refractivity contribution in [2.45, 2.75) is 29.4 Å². The lowest BCUT2D eigenvalue weighted by Gasteiger charge is -2.14. The van der Waals surface area contributed by atoms with Crippen LogP contribution in [-0.2, 0) is 75.0 Å². The summed E-state index contributed by atoms with van der Waals surface area (Å²) in [5, 5.41) is 31.2. The SMILES string of the molecule is Nc1cc(N)c(S(=O)(=O)O)cc1N=Nc1cc(N=Nc2c(S(=O)(=O)O)cc3cc(S(=O)(=O)O)c(N=Nc4ccc(S(=O)(=O)CCOS(=O)(=O)O)cc4)c(N)c3c2O)c(S(=O)(=O)O)cc1S(=O)(=O)O. The van der Waals surface area contributed by atoms with Crippen LogP contribution in [0.5, 0.6) is 5.75 Å². The summed E-state index contributed by atoms with van der Waals surface area (Å²) >= 11 is 0. The highest BCUT2D eigenvalue weighted by atomic mass is 32.3. The Hall–Kier alpha value is -6.27. The number of nitrogens with zero attached hydrogens (tertiary/aromatic N) is 6. The summed E-state index contributed by atoms with van der Waals surface area (Å²) in [7, 11) is -36.5. The number of fused-ring (bicyclic) bond motifs is 1. The Morgan fingerprint density at radius 2 is 0.926 bits per heavy atom. The predicted molar refractivity (Wildman–Crippen MR) is 229 cm³/mol. The van der Waals surface area contributed by atoms with Gasteiger partial charge in [-0.25, -0.2) is 12.6 Å². The minimum Gasteiger partial charge on any atom is -0.505 e. The van der Waals surface area contributed by atoms with E-state index in [1.807, 2.05) is 0 Å². The summed E-state index contributed by atoms with van der Waals surface area (Å²) in [6, 6.07) is 6.41. The highest BCUT2D eigenvalue weighted by molar-refractivity contribution is 7.91. The number of aromatic hydroxyl groups is 1. The maximum Gasteiger partial charge on any atom is 0.397 e. The number of sulfone groups is 1. The summed E-state index contributed by atoms with van der Waals surface area (Å²) in [5.41, 5.74) is 9.91. The lowest BCUT2D eigenvalue weighted by atomic mass is 10.1. The van der Waals surface area contributed by atoms with Crippen LogP contribution in [0.4, 0.5) is 51.2 Å². The first-order chi connectivity index (χ1) is 30.9. The van der Waals surface area contributed by atoms with E-state index in [4.69, 9.17) is 21.8 Å². The third-order valence-electron chi connectivity index (χ3n) is 8.47. The average Bonchev–Trinajstić information content (AvgIpc) is 3.16. The van der Waals surface area contributed by atoms with E-state index in [-0.39, 0.29) is 11.8 Å². The molecule has 0 fully saturated rings. The van der Waals surface area contributed by atoms with Gasteiger partial charge in [-0.15, -0.1) is 25.6 Å². The second-order valence-electron chi connectivity index (χ2n) is 13.1. The molecule has 0 saturated carbocycles. The van der Waals surface area contributed by atoms with Crippen LogP contribution in [0.1, 0.15) is 0 Å². The van der Waals surface area contributed by atoms with Crippen molar-refractivity contribution < 1.29 is 95.5 Å². The van der Waals surface area contributed by atoms with Crippen LogP contribution in [0.25, 0.3) is 10.8 Å². The van der Waals surface area contributed by atoms with Gasteiger partial charge < -0.3 is 22.3 Å². The number of benzene rings is 5. The van der Waals surface area contributed by atoms with Crippen molar-refractivity contribution in [2.24, 2.45) is 30.7 Å². The van der Waals surface area contributed by atoms with E-state index < -0.39 is 175 Å². The zero-order valence-corrected chi connectivity index (χ0v) is 38.4. The third-order valence-corrected chi connectivity index (χ3v) is 15.0. The van der Waals surface area contributed by atoms with Gasteiger partial charge in [0, 0.05) is 0 Å². The van der Waals surface area contributed by atoms with Gasteiger partial charge >= 0.3 is 10.4 Å². The van der Waals surface area contributed by atoms with Crippen LogP contribution in [0.2, 0.25) is 0 Å². The van der Waals surface area contributed by atoms with E-state index in [2.05, 4.69) is 34.9 Å². The number of azo groups is 3. The fourth-order valence-electron chi connectivity index (χ4n) is 5.53. The van der Waals surface area contributed by atoms with Crippen molar-refractivity contribution in [3.05, 3.63) is 60.7 Å². The molecule has 0 radical (unpaired) electrons. The van der Waals surface area contributed by atoms with Crippen molar-refractivity contribution in [3.8, 4) is 5.75 Å². The molecule has 5 aromatic carbocycles. The number of hydrogen-bond donors (Lipinski definition) is 10. The Balaban J connectivity index is 1.71. The molecule has 0 atom stereocenters. The molecule has 38 heteroatoms. The molecule has 68 heavy (non-hydrogen) atoms. The van der Waals surface area contributed by atoms with Crippen LogP contribution >= 0.6 is 0 Å². The monoisotopic (exact) mass is 1090 g/mol. The molecular weight excluding hydrogens is 1060 g/mol. The summed E-state index contributed by atoms with van der Waals surface area (Å²) in [4.78, 5) is -7.03. The number of anilines is 3. The molecule has 0 unspecified atom stereocenters. The number of rotatable bonds is 16. The Kier molecular flexibility index (Phi) is 14.2. The Bertz CT molecular complexity index is 3870. The van der Waals surface area contributed by atoms with E-state index in [0.29, 0.717) is 24.3 Å². The Morgan fingerprint density at radius 3 is 1.41 bits per heavy atom. The zero-order chi connectivity index (χ0) is 51.3. The van der Waals surface area contributed by atoms with Gasteiger partial charge in [0.25, 0.3) is 50.6 Å². The molecule has 0 aliphatic carbocycles. The number of nitrogen functional groups attached to an aromatic ring is 3. The van der Waals surface area contributed by atoms with E-state index in [1.54, 1.807) is 0 Å². The van der Waals surface area contributed by atoms with Gasteiger partial charge in [0.15, 0.2) is 15.6 Å². The summed E-state index contributed by atoms with van der Waals surface area (Å²) in [6.45, 7) is -0.970. The van der Waals surface area contributed by atoms with Gasteiger partial charge in [0.1, 0.15) is 52.9 Å².